The van der Waals surface area contributed by atoms with Crippen LogP contribution in [-0.4, -0.2) is 21.1 Å². The molecule has 28 heavy (non-hydrogen) atoms. The topological polar surface area (TPSA) is 106 Å². The molecular weight excluding hydrogens is 362 g/mol. The predicted octanol–water partition coefficient (Wildman–Crippen LogP) is 4.78. The van der Waals surface area contributed by atoms with Crippen LogP contribution in [0.2, 0.25) is 0 Å². The number of hydrogen-bond acceptors (Lipinski definition) is 5. The zero-order valence-electron chi connectivity index (χ0n) is 15.0. The summed E-state index contributed by atoms with van der Waals surface area (Å²) in [6.07, 6.45) is 0.0140. The van der Waals surface area contributed by atoms with Gasteiger partial charge in [-0.2, -0.15) is 0 Å². The fraction of sp³-hybridized carbons (Fsp3) is 0.100. The highest BCUT2D eigenvalue weighted by Crippen LogP contribution is 2.30. The van der Waals surface area contributed by atoms with E-state index >= 15 is 0 Å². The fourth-order valence-corrected chi connectivity index (χ4v) is 2.56. The van der Waals surface area contributed by atoms with Gasteiger partial charge in [-0.05, 0) is 24.1 Å². The summed E-state index contributed by atoms with van der Waals surface area (Å²) in [5, 5.41) is 20.4. The van der Waals surface area contributed by atoms with E-state index in [4.69, 9.17) is 4.74 Å². The molecule has 0 fully saturated rings. The molecule has 0 aliphatic heterocycles. The molecule has 0 saturated carbocycles. The van der Waals surface area contributed by atoms with Crippen molar-refractivity contribution in [3.05, 3.63) is 88.1 Å². The minimum Gasteiger partial charge on any atom is -0.465 e. The first-order chi connectivity index (χ1) is 13.4. The van der Waals surface area contributed by atoms with E-state index < -0.39 is 11.0 Å². The van der Waals surface area contributed by atoms with E-state index in [0.717, 1.165) is 17.3 Å². The van der Waals surface area contributed by atoms with Crippen LogP contribution in [0.4, 0.5) is 16.2 Å². The molecule has 8 heteroatoms. The first-order valence-corrected chi connectivity index (χ1v) is 8.37. The monoisotopic (exact) mass is 379 g/mol. The van der Waals surface area contributed by atoms with Crippen molar-refractivity contribution in [2.75, 3.05) is 4.90 Å². The second kappa shape index (κ2) is 8.17. The molecule has 1 amide bonds. The van der Waals surface area contributed by atoms with E-state index in [0.29, 0.717) is 11.4 Å². The van der Waals surface area contributed by atoms with Crippen molar-refractivity contribution >= 4 is 17.5 Å². The third kappa shape index (κ3) is 4.42. The second-order valence-corrected chi connectivity index (χ2v) is 6.02. The van der Waals surface area contributed by atoms with Crippen LogP contribution < -0.4 is 9.64 Å². The Kier molecular flexibility index (Phi) is 5.50. The Morgan fingerprint density at radius 2 is 1.93 bits per heavy atom. The summed E-state index contributed by atoms with van der Waals surface area (Å²) in [5.74, 6) is 0.592. The van der Waals surface area contributed by atoms with Crippen LogP contribution in [0.25, 0.3) is 0 Å². The largest absolute Gasteiger partial charge is 0.465 e. The van der Waals surface area contributed by atoms with Gasteiger partial charge >= 0.3 is 6.09 Å². The minimum absolute atomic E-state index is 0.141. The molecule has 8 nitrogen and oxygen atoms in total. The Balaban J connectivity index is 1.86. The number of anilines is 1. The molecule has 0 aliphatic rings. The Bertz CT molecular complexity index is 990. The molecule has 2 aromatic carbocycles. The van der Waals surface area contributed by atoms with Crippen LogP contribution in [0.15, 0.2) is 66.9 Å². The lowest BCUT2D eigenvalue weighted by Crippen LogP contribution is -2.28. The van der Waals surface area contributed by atoms with E-state index in [1.807, 2.05) is 37.3 Å². The summed E-state index contributed by atoms with van der Waals surface area (Å²) in [5.41, 5.74) is 1.93. The van der Waals surface area contributed by atoms with Crippen LogP contribution in [0.1, 0.15) is 11.1 Å². The number of carboxylic acid groups (broad SMARTS) is 1. The smallest absolute Gasteiger partial charge is 0.412 e. The predicted molar refractivity (Wildman–Crippen MR) is 103 cm³/mol. The number of rotatable bonds is 6. The lowest BCUT2D eigenvalue weighted by molar-refractivity contribution is -0.385. The molecule has 0 radical (unpaired) electrons. The minimum atomic E-state index is -1.09. The van der Waals surface area contributed by atoms with Crippen molar-refractivity contribution < 1.29 is 19.6 Å². The Labute approximate surface area is 160 Å². The standard InChI is InChI=1S/C20H17N3O5/c1-14-7-8-16(22(20(24)25)13-15-5-3-2-4-6-15)11-18(14)28-19-10-9-17(12-21-19)23(26)27/h2-12H,13H2,1H3,(H,24,25). The number of carbonyl (C=O) groups is 1. The second-order valence-electron chi connectivity index (χ2n) is 6.02. The molecule has 0 spiro atoms. The van der Waals surface area contributed by atoms with Gasteiger partial charge in [-0.25, -0.2) is 9.78 Å². The fourth-order valence-electron chi connectivity index (χ4n) is 2.56. The van der Waals surface area contributed by atoms with Crippen LogP contribution in [-0.2, 0) is 6.54 Å². The van der Waals surface area contributed by atoms with Gasteiger partial charge in [0.2, 0.25) is 5.88 Å². The normalized spacial score (nSPS) is 10.3. The molecule has 0 atom stereocenters. The van der Waals surface area contributed by atoms with Gasteiger partial charge in [-0.15, -0.1) is 0 Å². The molecule has 1 N–H and O–H groups in total. The first kappa shape index (κ1) is 18.8. The summed E-state index contributed by atoms with van der Waals surface area (Å²) in [7, 11) is 0. The number of hydrogen-bond donors (Lipinski definition) is 1. The highest BCUT2D eigenvalue weighted by molar-refractivity contribution is 5.86. The third-order valence-corrected chi connectivity index (χ3v) is 4.04. The molecule has 0 aliphatic carbocycles. The number of ether oxygens (including phenoxy) is 1. The summed E-state index contributed by atoms with van der Waals surface area (Å²) in [6, 6.07) is 17.0. The zero-order chi connectivity index (χ0) is 20.1. The van der Waals surface area contributed by atoms with E-state index in [1.165, 1.54) is 17.0 Å². The molecular formula is C20H17N3O5. The summed E-state index contributed by atoms with van der Waals surface area (Å²) < 4.78 is 5.71. The van der Waals surface area contributed by atoms with Crippen molar-refractivity contribution in [1.29, 1.82) is 0 Å². The quantitative estimate of drug-likeness (QED) is 0.488. The van der Waals surface area contributed by atoms with Gasteiger partial charge in [-0.1, -0.05) is 36.4 Å². The average Bonchev–Trinajstić information content (AvgIpc) is 2.69. The van der Waals surface area contributed by atoms with E-state index in [2.05, 4.69) is 4.98 Å². The van der Waals surface area contributed by atoms with Gasteiger partial charge in [0, 0.05) is 18.2 Å². The summed E-state index contributed by atoms with van der Waals surface area (Å²) in [4.78, 5) is 27.1. The SMILES string of the molecule is Cc1ccc(N(Cc2ccccc2)C(=O)O)cc1Oc1ccc([N+](=O)[O-])cn1. The lowest BCUT2D eigenvalue weighted by atomic mass is 10.1. The molecule has 142 valence electrons. The van der Waals surface area contributed by atoms with Crippen molar-refractivity contribution in [3.8, 4) is 11.6 Å². The van der Waals surface area contributed by atoms with Crippen molar-refractivity contribution in [2.45, 2.75) is 13.5 Å². The molecule has 0 saturated heterocycles. The van der Waals surface area contributed by atoms with Gasteiger partial charge in [0.15, 0.2) is 0 Å². The van der Waals surface area contributed by atoms with Gasteiger partial charge < -0.3 is 9.84 Å². The van der Waals surface area contributed by atoms with Gasteiger partial charge in [0.25, 0.3) is 5.69 Å². The molecule has 1 aromatic heterocycles. The number of aromatic nitrogens is 1. The summed E-state index contributed by atoms with van der Waals surface area (Å²) in [6.45, 7) is 2.00. The van der Waals surface area contributed by atoms with Crippen molar-refractivity contribution in [2.24, 2.45) is 0 Å². The maximum absolute atomic E-state index is 11.8. The Hall–Kier alpha value is -3.94. The van der Waals surface area contributed by atoms with Crippen molar-refractivity contribution in [1.82, 2.24) is 4.98 Å². The van der Waals surface area contributed by atoms with Crippen LogP contribution in [0.5, 0.6) is 11.6 Å². The van der Waals surface area contributed by atoms with Crippen LogP contribution in [0.3, 0.4) is 0 Å². The highest BCUT2D eigenvalue weighted by Gasteiger charge is 2.17. The molecule has 0 unspecified atom stereocenters. The molecule has 1 heterocycles. The molecule has 3 aromatic rings. The molecule has 0 bridgehead atoms. The average molecular weight is 379 g/mol. The number of pyridine rings is 1. The number of nitrogens with zero attached hydrogens (tertiary/aromatic N) is 3. The lowest BCUT2D eigenvalue weighted by Gasteiger charge is -2.21. The van der Waals surface area contributed by atoms with Gasteiger partial charge in [0.1, 0.15) is 11.9 Å². The maximum Gasteiger partial charge on any atom is 0.412 e. The number of aryl methyl sites for hydroxylation is 1. The number of nitro groups is 1. The third-order valence-electron chi connectivity index (χ3n) is 4.04. The summed E-state index contributed by atoms with van der Waals surface area (Å²) >= 11 is 0. The zero-order valence-corrected chi connectivity index (χ0v) is 15.0. The van der Waals surface area contributed by atoms with Crippen LogP contribution >= 0.6 is 0 Å². The number of amides is 1. The first-order valence-electron chi connectivity index (χ1n) is 8.37. The Morgan fingerprint density at radius 3 is 2.54 bits per heavy atom. The van der Waals surface area contributed by atoms with Gasteiger partial charge in [0.05, 0.1) is 17.2 Å². The van der Waals surface area contributed by atoms with E-state index in [9.17, 15) is 20.0 Å². The van der Waals surface area contributed by atoms with E-state index in [1.54, 1.807) is 18.2 Å². The van der Waals surface area contributed by atoms with E-state index in [-0.39, 0.29) is 18.1 Å². The van der Waals surface area contributed by atoms with Crippen LogP contribution in [0, 0.1) is 17.0 Å². The highest BCUT2D eigenvalue weighted by atomic mass is 16.6. The number of benzene rings is 2. The molecule has 3 rings (SSSR count). The maximum atomic E-state index is 11.8. The van der Waals surface area contributed by atoms with Gasteiger partial charge in [-0.3, -0.25) is 15.0 Å². The Morgan fingerprint density at radius 1 is 1.18 bits per heavy atom. The van der Waals surface area contributed by atoms with Crippen molar-refractivity contribution in [3.63, 3.8) is 0 Å².